The zero-order valence-corrected chi connectivity index (χ0v) is 13.1. The van der Waals surface area contributed by atoms with Gasteiger partial charge in [0.2, 0.25) is 10.0 Å². The molecule has 1 unspecified atom stereocenters. The molecule has 1 fully saturated rings. The van der Waals surface area contributed by atoms with Crippen LogP contribution in [0.25, 0.3) is 0 Å². The van der Waals surface area contributed by atoms with Gasteiger partial charge in [0.05, 0.1) is 7.11 Å². The Morgan fingerprint density at radius 1 is 1.45 bits per heavy atom. The van der Waals surface area contributed by atoms with Crippen molar-refractivity contribution in [3.63, 3.8) is 0 Å². The van der Waals surface area contributed by atoms with E-state index in [-0.39, 0.29) is 4.90 Å². The molecule has 0 aromatic heterocycles. The number of rotatable bonds is 5. The van der Waals surface area contributed by atoms with Gasteiger partial charge in [0.15, 0.2) is 0 Å². The van der Waals surface area contributed by atoms with Crippen LogP contribution in [-0.4, -0.2) is 33.1 Å². The van der Waals surface area contributed by atoms with Crippen LogP contribution in [0.1, 0.15) is 19.3 Å². The van der Waals surface area contributed by atoms with Gasteiger partial charge >= 0.3 is 0 Å². The van der Waals surface area contributed by atoms with Crippen LogP contribution in [0.4, 0.5) is 5.69 Å². The summed E-state index contributed by atoms with van der Waals surface area (Å²) in [4.78, 5) is 0.0980. The average Bonchev–Trinajstić information content (AvgIpc) is 2.46. The van der Waals surface area contributed by atoms with Crippen molar-refractivity contribution in [2.45, 2.75) is 29.4 Å². The molecule has 1 heterocycles. The van der Waals surface area contributed by atoms with Crippen molar-refractivity contribution in [3.8, 4) is 5.75 Å². The third-order valence-electron chi connectivity index (χ3n) is 3.25. The van der Waals surface area contributed by atoms with Gasteiger partial charge in [0, 0.05) is 17.5 Å². The molecule has 3 N–H and O–H groups in total. The predicted octanol–water partition coefficient (Wildman–Crippen LogP) is 1.84. The first-order chi connectivity index (χ1) is 9.53. The van der Waals surface area contributed by atoms with E-state index < -0.39 is 10.0 Å². The molecule has 1 aromatic carbocycles. The minimum atomic E-state index is -3.59. The Labute approximate surface area is 124 Å². The fraction of sp³-hybridized carbons (Fsp3) is 0.538. The van der Waals surface area contributed by atoms with E-state index in [9.17, 15) is 8.42 Å². The lowest BCUT2D eigenvalue weighted by Gasteiger charge is -2.21. The first kappa shape index (κ1) is 15.5. The summed E-state index contributed by atoms with van der Waals surface area (Å²) in [7, 11) is -2.15. The predicted molar refractivity (Wildman–Crippen MR) is 82.7 cm³/mol. The molecule has 7 heteroatoms. The minimum Gasteiger partial charge on any atom is -0.495 e. The molecule has 0 bridgehead atoms. The van der Waals surface area contributed by atoms with Crippen molar-refractivity contribution in [2.75, 3.05) is 25.1 Å². The number of sulfonamides is 1. The lowest BCUT2D eigenvalue weighted by Crippen LogP contribution is -2.32. The summed E-state index contributed by atoms with van der Waals surface area (Å²) >= 11 is 1.83. The first-order valence-electron chi connectivity index (χ1n) is 6.58. The summed E-state index contributed by atoms with van der Waals surface area (Å²) in [5.41, 5.74) is 6.07. The Kier molecular flexibility index (Phi) is 5.17. The molecule has 1 aromatic rings. The fourth-order valence-electron chi connectivity index (χ4n) is 2.15. The van der Waals surface area contributed by atoms with Crippen molar-refractivity contribution in [1.82, 2.24) is 4.72 Å². The molecule has 0 spiro atoms. The number of thioether (sulfide) groups is 1. The van der Waals surface area contributed by atoms with Crippen LogP contribution in [0.5, 0.6) is 5.75 Å². The second-order valence-electron chi connectivity index (χ2n) is 4.75. The summed E-state index contributed by atoms with van der Waals surface area (Å²) in [6, 6.07) is 4.61. The van der Waals surface area contributed by atoms with E-state index in [1.165, 1.54) is 26.0 Å². The fourth-order valence-corrected chi connectivity index (χ4v) is 4.78. The number of nitrogen functional groups attached to an aromatic ring is 1. The highest BCUT2D eigenvalue weighted by molar-refractivity contribution is 8.00. The molecule has 2 rings (SSSR count). The molecular weight excluding hydrogens is 296 g/mol. The van der Waals surface area contributed by atoms with E-state index in [0.29, 0.717) is 23.2 Å². The quantitative estimate of drug-likeness (QED) is 0.810. The normalized spacial score (nSPS) is 19.8. The Bertz CT molecular complexity index is 555. The smallest absolute Gasteiger partial charge is 0.244 e. The van der Waals surface area contributed by atoms with E-state index in [2.05, 4.69) is 4.72 Å². The van der Waals surface area contributed by atoms with Crippen molar-refractivity contribution in [1.29, 1.82) is 0 Å². The molecule has 0 radical (unpaired) electrons. The lowest BCUT2D eigenvalue weighted by atomic mass is 10.2. The topological polar surface area (TPSA) is 81.4 Å². The number of nitrogens with two attached hydrogens (primary N) is 1. The number of methoxy groups -OCH3 is 1. The summed E-state index contributed by atoms with van der Waals surface area (Å²) < 4.78 is 32.5. The van der Waals surface area contributed by atoms with E-state index >= 15 is 0 Å². The highest BCUT2D eigenvalue weighted by atomic mass is 32.2. The maximum Gasteiger partial charge on any atom is 0.244 e. The Hall–Kier alpha value is -0.920. The molecule has 5 nitrogen and oxygen atoms in total. The second kappa shape index (κ2) is 6.69. The van der Waals surface area contributed by atoms with Crippen LogP contribution in [0, 0.1) is 0 Å². The van der Waals surface area contributed by atoms with Crippen LogP contribution >= 0.6 is 11.8 Å². The van der Waals surface area contributed by atoms with E-state index in [1.54, 1.807) is 12.1 Å². The zero-order valence-electron chi connectivity index (χ0n) is 11.5. The maximum absolute atomic E-state index is 12.4. The highest BCUT2D eigenvalue weighted by Crippen LogP contribution is 2.27. The second-order valence-corrected chi connectivity index (χ2v) is 7.89. The summed E-state index contributed by atoms with van der Waals surface area (Å²) in [5, 5.41) is 0.352. The summed E-state index contributed by atoms with van der Waals surface area (Å²) in [5.74, 6) is 1.41. The number of benzene rings is 1. The third kappa shape index (κ3) is 3.80. The molecule has 0 aliphatic carbocycles. The van der Waals surface area contributed by atoms with Gasteiger partial charge in [-0.2, -0.15) is 11.8 Å². The molecule has 1 saturated heterocycles. The summed E-state index contributed by atoms with van der Waals surface area (Å²) in [6.07, 6.45) is 3.44. The number of ether oxygens (including phenoxy) is 1. The van der Waals surface area contributed by atoms with Crippen LogP contribution in [0.15, 0.2) is 23.1 Å². The monoisotopic (exact) mass is 316 g/mol. The van der Waals surface area contributed by atoms with E-state index in [0.717, 1.165) is 12.2 Å². The largest absolute Gasteiger partial charge is 0.495 e. The maximum atomic E-state index is 12.4. The van der Waals surface area contributed by atoms with Crippen LogP contribution in [0.3, 0.4) is 0 Å². The van der Waals surface area contributed by atoms with E-state index in [4.69, 9.17) is 10.5 Å². The molecule has 1 aliphatic rings. The van der Waals surface area contributed by atoms with E-state index in [1.807, 2.05) is 11.8 Å². The molecule has 0 saturated carbocycles. The van der Waals surface area contributed by atoms with Gasteiger partial charge in [-0.3, -0.25) is 0 Å². The van der Waals surface area contributed by atoms with Crippen molar-refractivity contribution in [2.24, 2.45) is 0 Å². The Morgan fingerprint density at radius 2 is 2.25 bits per heavy atom. The van der Waals surface area contributed by atoms with Gasteiger partial charge < -0.3 is 10.5 Å². The highest BCUT2D eigenvalue weighted by Gasteiger charge is 2.22. The standard InChI is InChI=1S/C13H20N2O3S2/c1-18-12-6-5-10(14)8-13(12)20(16,17)15-9-11-4-2-3-7-19-11/h5-6,8,11,15H,2-4,7,9,14H2,1H3. The Morgan fingerprint density at radius 3 is 2.90 bits per heavy atom. The van der Waals surface area contributed by atoms with Gasteiger partial charge in [0.1, 0.15) is 10.6 Å². The minimum absolute atomic E-state index is 0.0980. The van der Waals surface area contributed by atoms with Crippen LogP contribution in [0.2, 0.25) is 0 Å². The SMILES string of the molecule is COc1ccc(N)cc1S(=O)(=O)NCC1CCCCS1. The average molecular weight is 316 g/mol. The van der Waals surface area contributed by atoms with Gasteiger partial charge in [-0.05, 0) is 36.8 Å². The molecule has 0 amide bonds. The van der Waals surface area contributed by atoms with Gasteiger partial charge in [-0.15, -0.1) is 0 Å². The first-order valence-corrected chi connectivity index (χ1v) is 9.11. The van der Waals surface area contributed by atoms with Crippen LogP contribution in [-0.2, 0) is 10.0 Å². The number of nitrogens with one attached hydrogen (secondary N) is 1. The van der Waals surface area contributed by atoms with Crippen molar-refractivity contribution in [3.05, 3.63) is 18.2 Å². The van der Waals surface area contributed by atoms with Gasteiger partial charge in [-0.25, -0.2) is 13.1 Å². The molecular formula is C13H20N2O3S2. The third-order valence-corrected chi connectivity index (χ3v) is 6.10. The number of anilines is 1. The number of hydrogen-bond donors (Lipinski definition) is 2. The molecule has 1 aliphatic heterocycles. The van der Waals surface area contributed by atoms with Gasteiger partial charge in [0.25, 0.3) is 0 Å². The molecule has 20 heavy (non-hydrogen) atoms. The van der Waals surface area contributed by atoms with Crippen molar-refractivity contribution < 1.29 is 13.2 Å². The molecule has 112 valence electrons. The van der Waals surface area contributed by atoms with Crippen molar-refractivity contribution >= 4 is 27.5 Å². The summed E-state index contributed by atoms with van der Waals surface area (Å²) in [6.45, 7) is 0.449. The number of hydrogen-bond acceptors (Lipinski definition) is 5. The Balaban J connectivity index is 2.11. The lowest BCUT2D eigenvalue weighted by molar-refractivity contribution is 0.402. The molecule has 1 atom stereocenters. The van der Waals surface area contributed by atoms with Crippen LogP contribution < -0.4 is 15.2 Å². The zero-order chi connectivity index (χ0) is 14.6. The van der Waals surface area contributed by atoms with Gasteiger partial charge in [-0.1, -0.05) is 6.42 Å².